The Hall–Kier alpha value is -7.16. The molecule has 1 fully saturated rings. The quantitative estimate of drug-likeness (QED) is 0.0339. The number of amides is 1. The lowest BCUT2D eigenvalue weighted by molar-refractivity contribution is -0.256. The molecule has 0 spiro atoms. The minimum atomic E-state index is -1.54. The minimum absolute atomic E-state index is 0.00414. The van der Waals surface area contributed by atoms with E-state index in [1.54, 1.807) is 11.0 Å². The highest BCUT2D eigenvalue weighted by Crippen LogP contribution is 2.62. The molecule has 2 heterocycles. The minimum Gasteiger partial charge on any atom is -0.459 e. The van der Waals surface area contributed by atoms with Crippen LogP contribution in [0.15, 0.2) is 169 Å². The van der Waals surface area contributed by atoms with Crippen LogP contribution in [0.3, 0.4) is 0 Å². The maximum atomic E-state index is 15.3. The summed E-state index contributed by atoms with van der Waals surface area (Å²) in [6.07, 6.45) is 8.06. The Labute approximate surface area is 438 Å². The third kappa shape index (κ3) is 11.7. The zero-order valence-corrected chi connectivity index (χ0v) is 42.3. The number of benzene rings is 6. The number of aliphatic hydroxyl groups excluding tert-OH is 2. The van der Waals surface area contributed by atoms with Crippen molar-refractivity contribution in [1.29, 1.82) is 0 Å². The van der Waals surface area contributed by atoms with Gasteiger partial charge in [0, 0.05) is 37.7 Å². The van der Waals surface area contributed by atoms with Crippen molar-refractivity contribution >= 4 is 22.6 Å². The topological polar surface area (TPSA) is 147 Å². The Morgan fingerprint density at radius 2 is 1.44 bits per heavy atom. The number of fused-ring (bicyclic) bond motifs is 4. The highest BCUT2D eigenvalue weighted by Gasteiger charge is 2.66. The van der Waals surface area contributed by atoms with Gasteiger partial charge in [0.2, 0.25) is 12.6 Å². The van der Waals surface area contributed by atoms with Crippen LogP contribution >= 0.6 is 0 Å². The van der Waals surface area contributed by atoms with Crippen LogP contribution in [-0.4, -0.2) is 78.6 Å². The van der Waals surface area contributed by atoms with E-state index in [2.05, 4.69) is 36.9 Å². The van der Waals surface area contributed by atoms with E-state index in [4.69, 9.17) is 43.2 Å². The Morgan fingerprint density at radius 1 is 0.733 bits per heavy atom. The van der Waals surface area contributed by atoms with Crippen LogP contribution in [0.5, 0.6) is 28.7 Å². The molecule has 10 rings (SSSR count). The lowest BCUT2D eigenvalue weighted by Gasteiger charge is -2.59. The van der Waals surface area contributed by atoms with Crippen molar-refractivity contribution in [2.24, 2.45) is 22.9 Å². The number of hydrogen-bond donors (Lipinski definition) is 2. The van der Waals surface area contributed by atoms with Crippen LogP contribution in [0.25, 0.3) is 10.8 Å². The summed E-state index contributed by atoms with van der Waals surface area (Å²) in [5.74, 6) is 0.779. The van der Waals surface area contributed by atoms with Crippen LogP contribution in [-0.2, 0) is 38.8 Å². The van der Waals surface area contributed by atoms with Crippen LogP contribution in [0, 0.1) is 17.8 Å². The molecule has 1 amide bonds. The third-order valence-corrected chi connectivity index (χ3v) is 14.8. The Morgan fingerprint density at radius 3 is 2.23 bits per heavy atom. The van der Waals surface area contributed by atoms with Gasteiger partial charge in [-0.3, -0.25) is 4.90 Å². The van der Waals surface area contributed by atoms with Gasteiger partial charge in [-0.05, 0) is 113 Å². The van der Waals surface area contributed by atoms with Gasteiger partial charge in [0.15, 0.2) is 11.5 Å². The summed E-state index contributed by atoms with van der Waals surface area (Å²) in [5.41, 5.74) is 5.25. The molecular formula is C62H66N2O11. The van der Waals surface area contributed by atoms with Gasteiger partial charge >= 0.3 is 6.09 Å². The van der Waals surface area contributed by atoms with E-state index in [0.717, 1.165) is 64.3 Å². The van der Waals surface area contributed by atoms with E-state index >= 15 is 4.79 Å². The number of aliphatic hydroxyl groups is 2. The zero-order valence-electron chi connectivity index (χ0n) is 42.3. The van der Waals surface area contributed by atoms with Crippen molar-refractivity contribution in [3.05, 3.63) is 186 Å². The van der Waals surface area contributed by atoms with Gasteiger partial charge in [-0.2, -0.15) is 0 Å². The summed E-state index contributed by atoms with van der Waals surface area (Å²) in [7, 11) is 0. The third-order valence-electron chi connectivity index (χ3n) is 14.8. The number of hydrogen-bond acceptors (Lipinski definition) is 12. The summed E-state index contributed by atoms with van der Waals surface area (Å²) in [4.78, 5) is 23.3. The summed E-state index contributed by atoms with van der Waals surface area (Å²) in [6, 6.07) is 44.8. The van der Waals surface area contributed by atoms with Gasteiger partial charge in [0.05, 0.1) is 31.5 Å². The summed E-state index contributed by atoms with van der Waals surface area (Å²) >= 11 is 0. The number of carbonyl (C=O) groups is 1. The van der Waals surface area contributed by atoms with Crippen molar-refractivity contribution < 1.29 is 53.0 Å². The molecule has 0 bridgehead atoms. The van der Waals surface area contributed by atoms with Crippen molar-refractivity contribution in [3.63, 3.8) is 0 Å². The van der Waals surface area contributed by atoms with Crippen LogP contribution < -0.4 is 18.9 Å². The second-order valence-corrected chi connectivity index (χ2v) is 19.6. The zero-order chi connectivity index (χ0) is 51.4. The van der Waals surface area contributed by atoms with E-state index in [9.17, 15) is 10.2 Å². The molecule has 6 aromatic carbocycles. The van der Waals surface area contributed by atoms with E-state index in [1.807, 2.05) is 115 Å². The van der Waals surface area contributed by atoms with Crippen molar-refractivity contribution in [3.8, 4) is 28.7 Å². The molecule has 2 aliphatic carbocycles. The Bertz CT molecular complexity index is 2950. The molecule has 4 aliphatic rings. The Kier molecular flexibility index (Phi) is 16.7. The summed E-state index contributed by atoms with van der Waals surface area (Å²) in [6.45, 7) is 5.28. The van der Waals surface area contributed by atoms with Gasteiger partial charge in [-0.1, -0.05) is 127 Å². The fourth-order valence-electron chi connectivity index (χ4n) is 11.4. The number of nitrogens with zero attached hydrogens (tertiary/aromatic N) is 2. The van der Waals surface area contributed by atoms with Crippen molar-refractivity contribution in [1.82, 2.24) is 4.90 Å². The normalized spacial score (nSPS) is 21.6. The van der Waals surface area contributed by atoms with Crippen LogP contribution in [0.1, 0.15) is 73.1 Å². The molecule has 1 saturated carbocycles. The van der Waals surface area contributed by atoms with Gasteiger partial charge in [-0.15, -0.1) is 6.58 Å². The molecule has 0 aromatic heterocycles. The van der Waals surface area contributed by atoms with E-state index in [0.29, 0.717) is 53.9 Å². The lowest BCUT2D eigenvalue weighted by Crippen LogP contribution is -2.70. The van der Waals surface area contributed by atoms with Crippen LogP contribution in [0.2, 0.25) is 0 Å². The molecule has 75 heavy (non-hydrogen) atoms. The van der Waals surface area contributed by atoms with E-state index < -0.39 is 23.8 Å². The predicted octanol–water partition coefficient (Wildman–Crippen LogP) is 12.1. The number of oxime groups is 1. The number of allylic oxidation sites excluding steroid dienone is 1. The van der Waals surface area contributed by atoms with Gasteiger partial charge in [-0.25, -0.2) is 4.79 Å². The molecular weight excluding hydrogens is 949 g/mol. The SMILES string of the molecule is C=CCOC12Oc3ccc(Oc4ccc5ccccc5c4)cc3C3C(CCCCO)C(CCCCO)C=C(C(=NOCc4ccccc4)CC1N(Cc1ccc4c(c1)OCO4)C(=O)OCCOCc1ccccc1)C32. The highest BCUT2D eigenvalue weighted by atomic mass is 16.7. The molecule has 0 saturated heterocycles. The first kappa shape index (κ1) is 51.3. The van der Waals surface area contributed by atoms with Crippen LogP contribution in [0.4, 0.5) is 4.79 Å². The Balaban J connectivity index is 1.11. The molecule has 6 atom stereocenters. The fourth-order valence-corrected chi connectivity index (χ4v) is 11.4. The molecule has 6 aromatic rings. The monoisotopic (exact) mass is 1010 g/mol. The first-order chi connectivity index (χ1) is 36.9. The molecule has 13 heteroatoms. The van der Waals surface area contributed by atoms with E-state index in [-0.39, 0.29) is 77.2 Å². The standard InChI is InChI=1S/C62H66N2O11/c1-2-31-72-62-58(64(39-45-23-27-56-57(34-45)71-42-70-56)61(67)69-33-32-68-40-43-15-5-3-6-16-43)38-54(63-73-41-44-17-7-4-8-18-44)52-36-48(21-11-13-29-65)51(22-12-14-30-66)59(60(52)62)53-37-50(26-28-55(53)75-62)74-49-25-24-46-19-9-10-20-47(46)35-49/h2-10,15-20,23-28,34-37,48,51,58-60,65-66H,1,11-14,21-22,29-33,38-42H2. The summed E-state index contributed by atoms with van der Waals surface area (Å²) < 4.78 is 45.3. The van der Waals surface area contributed by atoms with Crippen molar-refractivity contribution in [2.75, 3.05) is 39.8 Å². The maximum Gasteiger partial charge on any atom is 0.410 e. The fraction of sp³-hybridized carbons (Fsp3) is 0.355. The van der Waals surface area contributed by atoms with Gasteiger partial charge in [0.1, 0.15) is 36.5 Å². The molecule has 13 nitrogen and oxygen atoms in total. The predicted molar refractivity (Wildman–Crippen MR) is 286 cm³/mol. The first-order valence-electron chi connectivity index (χ1n) is 26.3. The lowest BCUT2D eigenvalue weighted by atomic mass is 9.55. The number of unbranched alkanes of at least 4 members (excludes halogenated alkanes) is 2. The molecule has 6 unspecified atom stereocenters. The maximum absolute atomic E-state index is 15.3. The first-order valence-corrected chi connectivity index (χ1v) is 26.3. The van der Waals surface area contributed by atoms with E-state index in [1.165, 1.54) is 0 Å². The second-order valence-electron chi connectivity index (χ2n) is 19.6. The number of rotatable bonds is 24. The molecule has 390 valence electrons. The van der Waals surface area contributed by atoms with Gasteiger partial charge in [0.25, 0.3) is 0 Å². The number of carbonyl (C=O) groups excluding carboxylic acids is 1. The van der Waals surface area contributed by atoms with Gasteiger partial charge < -0.3 is 48.2 Å². The number of ether oxygens (including phenoxy) is 7. The molecule has 2 N–H and O–H groups in total. The summed E-state index contributed by atoms with van der Waals surface area (Å²) in [5, 5.41) is 27.5. The largest absolute Gasteiger partial charge is 0.459 e. The second kappa shape index (κ2) is 24.5. The molecule has 0 radical (unpaired) electrons. The molecule has 2 aliphatic heterocycles. The average molecular weight is 1020 g/mol. The highest BCUT2D eigenvalue weighted by molar-refractivity contribution is 6.03. The van der Waals surface area contributed by atoms with Crippen molar-refractivity contribution in [2.45, 2.75) is 82.5 Å². The average Bonchev–Trinajstić information content (AvgIpc) is 3.96. The smallest absolute Gasteiger partial charge is 0.410 e.